The van der Waals surface area contributed by atoms with E-state index in [1.54, 1.807) is 37.5 Å². The third-order valence-electron chi connectivity index (χ3n) is 4.59. The Morgan fingerprint density at radius 2 is 1.77 bits per heavy atom. The number of thiophene rings is 1. The summed E-state index contributed by atoms with van der Waals surface area (Å²) in [4.78, 5) is 26.6. The molecule has 0 saturated carbocycles. The van der Waals surface area contributed by atoms with E-state index in [4.69, 9.17) is 4.74 Å². The lowest BCUT2D eigenvalue weighted by Gasteiger charge is -2.19. The molecule has 0 aliphatic rings. The largest absolute Gasteiger partial charge is 0.497 e. The number of rotatable bonds is 8. The molecule has 2 N–H and O–H groups in total. The van der Waals surface area contributed by atoms with Gasteiger partial charge in [0.05, 0.1) is 13.2 Å². The molecule has 3 aromatic rings. The minimum atomic E-state index is -0.338. The molecule has 3 rings (SSSR count). The topological polar surface area (TPSA) is 67.4 Å². The Kier molecular flexibility index (Phi) is 7.40. The zero-order valence-electron chi connectivity index (χ0n) is 16.9. The standard InChI is InChI=1S/C24H24N2O3S/c1-3-21(17-11-13-19(29-2)14-12-17)25-24(28)22(16-20-10-7-15-30-20)26-23(27)18-8-5-4-6-9-18/h4-16,21H,3H2,1-2H3,(H,25,28)(H,26,27)/b22-16-/t21-/m0/s1. The summed E-state index contributed by atoms with van der Waals surface area (Å²) in [5, 5.41) is 7.72. The number of ether oxygens (including phenoxy) is 1. The Morgan fingerprint density at radius 3 is 2.37 bits per heavy atom. The van der Waals surface area contributed by atoms with Gasteiger partial charge in [0.15, 0.2) is 0 Å². The smallest absolute Gasteiger partial charge is 0.268 e. The van der Waals surface area contributed by atoms with Crippen molar-refractivity contribution < 1.29 is 14.3 Å². The first kappa shape index (κ1) is 21.3. The van der Waals surface area contributed by atoms with Crippen molar-refractivity contribution in [3.63, 3.8) is 0 Å². The van der Waals surface area contributed by atoms with Gasteiger partial charge in [-0.3, -0.25) is 9.59 Å². The molecule has 1 heterocycles. The van der Waals surface area contributed by atoms with Gasteiger partial charge < -0.3 is 15.4 Å². The van der Waals surface area contributed by atoms with Crippen molar-refractivity contribution in [2.24, 2.45) is 0 Å². The van der Waals surface area contributed by atoms with Crippen molar-refractivity contribution in [2.75, 3.05) is 7.11 Å². The molecule has 0 bridgehead atoms. The number of methoxy groups -OCH3 is 1. The minimum Gasteiger partial charge on any atom is -0.497 e. The number of hydrogen-bond donors (Lipinski definition) is 2. The molecule has 0 spiro atoms. The summed E-state index contributed by atoms with van der Waals surface area (Å²) >= 11 is 1.50. The van der Waals surface area contributed by atoms with Gasteiger partial charge in [0.1, 0.15) is 11.4 Å². The van der Waals surface area contributed by atoms with Crippen molar-refractivity contribution in [1.82, 2.24) is 10.6 Å². The van der Waals surface area contributed by atoms with Crippen molar-refractivity contribution in [2.45, 2.75) is 19.4 Å². The molecule has 0 unspecified atom stereocenters. The van der Waals surface area contributed by atoms with Crippen LogP contribution in [0.15, 0.2) is 77.8 Å². The van der Waals surface area contributed by atoms with E-state index >= 15 is 0 Å². The molecular formula is C24H24N2O3S. The van der Waals surface area contributed by atoms with Gasteiger partial charge in [-0.25, -0.2) is 0 Å². The van der Waals surface area contributed by atoms with Crippen molar-refractivity contribution in [3.05, 3.63) is 93.8 Å². The summed E-state index contributed by atoms with van der Waals surface area (Å²) in [5.41, 5.74) is 1.67. The number of hydrogen-bond acceptors (Lipinski definition) is 4. The lowest BCUT2D eigenvalue weighted by Crippen LogP contribution is -2.36. The highest BCUT2D eigenvalue weighted by molar-refractivity contribution is 7.10. The Morgan fingerprint density at radius 1 is 1.03 bits per heavy atom. The summed E-state index contributed by atoms with van der Waals surface area (Å²) in [7, 11) is 1.62. The van der Waals surface area contributed by atoms with E-state index in [-0.39, 0.29) is 23.6 Å². The first-order valence-electron chi connectivity index (χ1n) is 9.67. The minimum absolute atomic E-state index is 0.191. The van der Waals surface area contributed by atoms with Crippen LogP contribution in [0.2, 0.25) is 0 Å². The van der Waals surface area contributed by atoms with Crippen LogP contribution < -0.4 is 15.4 Å². The number of benzene rings is 2. The monoisotopic (exact) mass is 420 g/mol. The van der Waals surface area contributed by atoms with Crippen molar-refractivity contribution >= 4 is 29.2 Å². The molecule has 30 heavy (non-hydrogen) atoms. The third kappa shape index (κ3) is 5.58. The third-order valence-corrected chi connectivity index (χ3v) is 5.41. The van der Waals surface area contributed by atoms with E-state index in [1.165, 1.54) is 11.3 Å². The van der Waals surface area contributed by atoms with Crippen LogP contribution >= 0.6 is 11.3 Å². The Balaban J connectivity index is 1.81. The van der Waals surface area contributed by atoms with E-state index < -0.39 is 0 Å². The van der Waals surface area contributed by atoms with E-state index in [9.17, 15) is 9.59 Å². The Hall–Kier alpha value is -3.38. The Bertz CT molecular complexity index is 997. The van der Waals surface area contributed by atoms with Gasteiger partial charge in [0.2, 0.25) is 0 Å². The summed E-state index contributed by atoms with van der Waals surface area (Å²) in [6, 6.07) is 20.0. The van der Waals surface area contributed by atoms with Gasteiger partial charge in [0.25, 0.3) is 11.8 Å². The summed E-state index contributed by atoms with van der Waals surface area (Å²) in [6.45, 7) is 2.00. The van der Waals surface area contributed by atoms with E-state index in [0.717, 1.165) is 16.2 Å². The highest BCUT2D eigenvalue weighted by Crippen LogP contribution is 2.21. The zero-order valence-corrected chi connectivity index (χ0v) is 17.7. The molecule has 0 radical (unpaired) electrons. The van der Waals surface area contributed by atoms with Crippen LogP contribution in [0.25, 0.3) is 6.08 Å². The number of nitrogens with one attached hydrogen (secondary N) is 2. The molecule has 1 aromatic heterocycles. The fourth-order valence-electron chi connectivity index (χ4n) is 2.95. The fraction of sp³-hybridized carbons (Fsp3) is 0.167. The second-order valence-corrected chi connectivity index (χ2v) is 7.58. The van der Waals surface area contributed by atoms with E-state index in [0.29, 0.717) is 12.0 Å². The molecule has 5 nitrogen and oxygen atoms in total. The zero-order chi connectivity index (χ0) is 21.3. The van der Waals surface area contributed by atoms with Gasteiger partial charge in [-0.1, -0.05) is 43.3 Å². The van der Waals surface area contributed by atoms with Gasteiger partial charge >= 0.3 is 0 Å². The number of carbonyl (C=O) groups is 2. The summed E-state index contributed by atoms with van der Waals surface area (Å²) < 4.78 is 5.20. The van der Waals surface area contributed by atoms with Gasteiger partial charge in [-0.15, -0.1) is 11.3 Å². The lowest BCUT2D eigenvalue weighted by molar-refractivity contribution is -0.118. The van der Waals surface area contributed by atoms with Crippen molar-refractivity contribution in [1.29, 1.82) is 0 Å². The molecular weight excluding hydrogens is 396 g/mol. The van der Waals surface area contributed by atoms with Crippen molar-refractivity contribution in [3.8, 4) is 5.75 Å². The van der Waals surface area contributed by atoms with Gasteiger partial charge in [-0.2, -0.15) is 0 Å². The maximum Gasteiger partial charge on any atom is 0.268 e. The SMILES string of the molecule is CC[C@H](NC(=O)/C(=C/c1cccs1)NC(=O)c1ccccc1)c1ccc(OC)cc1. The van der Waals surface area contributed by atoms with Crippen LogP contribution in [0.1, 0.15) is 40.2 Å². The molecule has 2 aromatic carbocycles. The maximum absolute atomic E-state index is 13.1. The lowest BCUT2D eigenvalue weighted by atomic mass is 10.0. The predicted octanol–water partition coefficient (Wildman–Crippen LogP) is 4.80. The molecule has 154 valence electrons. The first-order valence-corrected chi connectivity index (χ1v) is 10.5. The molecule has 1 atom stereocenters. The van der Waals surface area contributed by atoms with E-state index in [2.05, 4.69) is 10.6 Å². The second kappa shape index (κ2) is 10.4. The van der Waals surface area contributed by atoms with Crippen LogP contribution in [0, 0.1) is 0 Å². The average molecular weight is 421 g/mol. The number of carbonyl (C=O) groups excluding carboxylic acids is 2. The fourth-order valence-corrected chi connectivity index (χ4v) is 3.61. The number of amides is 2. The normalized spacial score (nSPS) is 12.1. The first-order chi connectivity index (χ1) is 14.6. The van der Waals surface area contributed by atoms with Crippen LogP contribution in [0.5, 0.6) is 5.75 Å². The molecule has 2 amide bonds. The molecule has 0 aliphatic carbocycles. The van der Waals surface area contributed by atoms with Crippen LogP contribution in [0.4, 0.5) is 0 Å². The van der Waals surface area contributed by atoms with Crippen LogP contribution in [-0.2, 0) is 4.79 Å². The molecule has 0 saturated heterocycles. The summed E-state index contributed by atoms with van der Waals surface area (Å²) in [6.07, 6.45) is 2.40. The van der Waals surface area contributed by atoms with Gasteiger partial charge in [0, 0.05) is 10.4 Å². The van der Waals surface area contributed by atoms with E-state index in [1.807, 2.05) is 54.8 Å². The Labute approximate surface area is 180 Å². The molecule has 0 aliphatic heterocycles. The highest BCUT2D eigenvalue weighted by Gasteiger charge is 2.19. The molecule has 0 fully saturated rings. The summed E-state index contributed by atoms with van der Waals surface area (Å²) in [5.74, 6) is 0.0923. The van der Waals surface area contributed by atoms with Crippen LogP contribution in [-0.4, -0.2) is 18.9 Å². The molecule has 6 heteroatoms. The maximum atomic E-state index is 13.1. The predicted molar refractivity (Wildman–Crippen MR) is 120 cm³/mol. The van der Waals surface area contributed by atoms with Gasteiger partial charge in [-0.05, 0) is 53.8 Å². The highest BCUT2D eigenvalue weighted by atomic mass is 32.1. The van der Waals surface area contributed by atoms with Crippen LogP contribution in [0.3, 0.4) is 0 Å². The average Bonchev–Trinajstić information content (AvgIpc) is 3.30. The quantitative estimate of drug-likeness (QED) is 0.515. The second-order valence-electron chi connectivity index (χ2n) is 6.60.